The fourth-order valence-electron chi connectivity index (χ4n) is 1.86. The lowest BCUT2D eigenvalue weighted by Crippen LogP contribution is -2.01. The van der Waals surface area contributed by atoms with Gasteiger partial charge in [-0.1, -0.05) is 0 Å². The lowest BCUT2D eigenvalue weighted by Gasteiger charge is -2.09. The molecular formula is C13H18N4O. The van der Waals surface area contributed by atoms with Crippen LogP contribution in [0.1, 0.15) is 11.3 Å². The van der Waals surface area contributed by atoms with Crippen molar-refractivity contribution in [2.75, 3.05) is 18.2 Å². The lowest BCUT2D eigenvalue weighted by molar-refractivity contribution is 0.415. The minimum atomic E-state index is 0.680. The van der Waals surface area contributed by atoms with Crippen molar-refractivity contribution in [3.63, 3.8) is 0 Å². The minimum absolute atomic E-state index is 0.680. The topological polar surface area (TPSA) is 65.1 Å². The molecule has 0 spiro atoms. The molecule has 1 aromatic carbocycles. The number of nitrogen functional groups attached to an aromatic ring is 1. The van der Waals surface area contributed by atoms with Crippen molar-refractivity contribution in [2.24, 2.45) is 7.05 Å². The van der Waals surface area contributed by atoms with Crippen LogP contribution in [-0.4, -0.2) is 16.9 Å². The highest BCUT2D eigenvalue weighted by atomic mass is 16.5. The maximum Gasteiger partial charge on any atom is 0.122 e. The molecule has 3 N–H and O–H groups in total. The maximum atomic E-state index is 5.80. The van der Waals surface area contributed by atoms with Crippen molar-refractivity contribution in [3.05, 3.63) is 35.7 Å². The standard InChI is InChI=1S/C13H18N4O/c1-9-10(8-17(2)16-9)7-15-12-4-11(14)5-13(6-12)18-3/h4-6,8,15H,7,14H2,1-3H3. The number of rotatable bonds is 4. The molecule has 5 nitrogen and oxygen atoms in total. The average Bonchev–Trinajstić information content (AvgIpc) is 2.64. The Morgan fingerprint density at radius 1 is 1.39 bits per heavy atom. The first-order chi connectivity index (χ1) is 8.58. The molecule has 1 heterocycles. The Kier molecular flexibility index (Phi) is 3.41. The second-order valence-corrected chi connectivity index (χ2v) is 4.26. The fourth-order valence-corrected chi connectivity index (χ4v) is 1.86. The number of ether oxygens (including phenoxy) is 1. The van der Waals surface area contributed by atoms with Gasteiger partial charge in [-0.05, 0) is 13.0 Å². The Morgan fingerprint density at radius 2 is 2.17 bits per heavy atom. The van der Waals surface area contributed by atoms with Gasteiger partial charge in [0.15, 0.2) is 0 Å². The second-order valence-electron chi connectivity index (χ2n) is 4.26. The summed E-state index contributed by atoms with van der Waals surface area (Å²) in [6.45, 7) is 2.71. The van der Waals surface area contributed by atoms with Gasteiger partial charge >= 0.3 is 0 Å². The molecule has 1 aromatic heterocycles. The number of hydrogen-bond donors (Lipinski definition) is 2. The van der Waals surface area contributed by atoms with Gasteiger partial charge in [0.05, 0.1) is 12.8 Å². The molecule has 18 heavy (non-hydrogen) atoms. The van der Waals surface area contributed by atoms with E-state index in [-0.39, 0.29) is 0 Å². The van der Waals surface area contributed by atoms with Gasteiger partial charge in [0, 0.05) is 48.9 Å². The molecule has 0 saturated heterocycles. The number of methoxy groups -OCH3 is 1. The van der Waals surface area contributed by atoms with Gasteiger partial charge < -0.3 is 15.8 Å². The molecule has 0 aliphatic carbocycles. The van der Waals surface area contributed by atoms with Crippen molar-refractivity contribution in [1.29, 1.82) is 0 Å². The van der Waals surface area contributed by atoms with E-state index in [1.807, 2.05) is 37.0 Å². The van der Waals surface area contributed by atoms with E-state index in [4.69, 9.17) is 10.5 Å². The molecular weight excluding hydrogens is 228 g/mol. The number of aromatic nitrogens is 2. The highest BCUT2D eigenvalue weighted by molar-refractivity contribution is 5.59. The van der Waals surface area contributed by atoms with Crippen molar-refractivity contribution < 1.29 is 4.74 Å². The monoisotopic (exact) mass is 246 g/mol. The molecule has 2 aromatic rings. The summed E-state index contributed by atoms with van der Waals surface area (Å²) in [4.78, 5) is 0. The molecule has 0 amide bonds. The van der Waals surface area contributed by atoms with E-state index in [0.29, 0.717) is 12.2 Å². The molecule has 5 heteroatoms. The Balaban J connectivity index is 2.10. The van der Waals surface area contributed by atoms with Crippen LogP contribution in [0.25, 0.3) is 0 Å². The van der Waals surface area contributed by atoms with Crippen molar-refractivity contribution in [2.45, 2.75) is 13.5 Å². The number of hydrogen-bond acceptors (Lipinski definition) is 4. The van der Waals surface area contributed by atoms with Crippen LogP contribution >= 0.6 is 0 Å². The summed E-state index contributed by atoms with van der Waals surface area (Å²) in [5.41, 5.74) is 9.62. The number of benzene rings is 1. The predicted octanol–water partition coefficient (Wildman–Crippen LogP) is 1.93. The predicted molar refractivity (Wildman–Crippen MR) is 72.7 cm³/mol. The van der Waals surface area contributed by atoms with Crippen LogP contribution in [-0.2, 0) is 13.6 Å². The fraction of sp³-hybridized carbons (Fsp3) is 0.308. The maximum absolute atomic E-state index is 5.80. The highest BCUT2D eigenvalue weighted by Gasteiger charge is 2.04. The third-order valence-corrected chi connectivity index (χ3v) is 2.76. The largest absolute Gasteiger partial charge is 0.497 e. The number of nitrogens with two attached hydrogens (primary N) is 1. The summed E-state index contributed by atoms with van der Waals surface area (Å²) in [6.07, 6.45) is 2.01. The van der Waals surface area contributed by atoms with Crippen LogP contribution in [0.4, 0.5) is 11.4 Å². The van der Waals surface area contributed by atoms with Crippen LogP contribution in [0.15, 0.2) is 24.4 Å². The summed E-state index contributed by atoms with van der Waals surface area (Å²) in [6, 6.07) is 5.59. The average molecular weight is 246 g/mol. The minimum Gasteiger partial charge on any atom is -0.497 e. The third kappa shape index (κ3) is 2.74. The zero-order chi connectivity index (χ0) is 13.1. The van der Waals surface area contributed by atoms with Crippen LogP contribution in [0, 0.1) is 6.92 Å². The van der Waals surface area contributed by atoms with Crippen molar-refractivity contribution in [1.82, 2.24) is 9.78 Å². The van der Waals surface area contributed by atoms with E-state index in [9.17, 15) is 0 Å². The summed E-state index contributed by atoms with van der Waals surface area (Å²) in [7, 11) is 3.55. The molecule has 2 rings (SSSR count). The molecule has 96 valence electrons. The molecule has 0 unspecified atom stereocenters. The van der Waals surface area contributed by atoms with Crippen LogP contribution < -0.4 is 15.8 Å². The normalized spacial score (nSPS) is 10.4. The zero-order valence-corrected chi connectivity index (χ0v) is 10.9. The van der Waals surface area contributed by atoms with Gasteiger partial charge in [-0.15, -0.1) is 0 Å². The summed E-state index contributed by atoms with van der Waals surface area (Å²) in [5.74, 6) is 0.750. The Bertz CT molecular complexity index is 548. The summed E-state index contributed by atoms with van der Waals surface area (Å²) >= 11 is 0. The van der Waals surface area contributed by atoms with E-state index in [1.54, 1.807) is 13.2 Å². The van der Waals surface area contributed by atoms with Crippen molar-refractivity contribution >= 4 is 11.4 Å². The Labute approximate surface area is 107 Å². The van der Waals surface area contributed by atoms with Gasteiger partial charge in [0.2, 0.25) is 0 Å². The van der Waals surface area contributed by atoms with Crippen LogP contribution in [0.2, 0.25) is 0 Å². The van der Waals surface area contributed by atoms with Gasteiger partial charge in [-0.25, -0.2) is 0 Å². The molecule has 0 bridgehead atoms. The van der Waals surface area contributed by atoms with E-state index < -0.39 is 0 Å². The number of nitrogens with one attached hydrogen (secondary N) is 1. The van der Waals surface area contributed by atoms with Crippen LogP contribution in [0.5, 0.6) is 5.75 Å². The van der Waals surface area contributed by atoms with Gasteiger partial charge in [0.25, 0.3) is 0 Å². The Morgan fingerprint density at radius 3 is 2.78 bits per heavy atom. The number of aryl methyl sites for hydroxylation is 2. The smallest absolute Gasteiger partial charge is 0.122 e. The zero-order valence-electron chi connectivity index (χ0n) is 10.9. The highest BCUT2D eigenvalue weighted by Crippen LogP contribution is 2.22. The van der Waals surface area contributed by atoms with E-state index in [0.717, 1.165) is 17.1 Å². The number of anilines is 2. The SMILES string of the molecule is COc1cc(N)cc(NCc2cn(C)nc2C)c1. The van der Waals surface area contributed by atoms with E-state index >= 15 is 0 Å². The first-order valence-electron chi connectivity index (χ1n) is 5.76. The molecule has 0 aliphatic heterocycles. The van der Waals surface area contributed by atoms with Gasteiger partial charge in [-0.3, -0.25) is 4.68 Å². The molecule has 0 fully saturated rings. The van der Waals surface area contributed by atoms with Crippen molar-refractivity contribution in [3.8, 4) is 5.75 Å². The quantitative estimate of drug-likeness (QED) is 0.809. The van der Waals surface area contributed by atoms with Crippen LogP contribution in [0.3, 0.4) is 0 Å². The number of nitrogens with zero attached hydrogens (tertiary/aromatic N) is 2. The van der Waals surface area contributed by atoms with Gasteiger partial charge in [0.1, 0.15) is 5.75 Å². The summed E-state index contributed by atoms with van der Waals surface area (Å²) < 4.78 is 6.99. The third-order valence-electron chi connectivity index (χ3n) is 2.76. The van der Waals surface area contributed by atoms with E-state index in [1.165, 1.54) is 5.56 Å². The summed E-state index contributed by atoms with van der Waals surface area (Å²) in [5, 5.41) is 7.62. The molecule has 0 atom stereocenters. The first kappa shape index (κ1) is 12.3. The first-order valence-corrected chi connectivity index (χ1v) is 5.76. The molecule has 0 saturated carbocycles. The Hall–Kier alpha value is -2.17. The molecule has 0 aliphatic rings. The second kappa shape index (κ2) is 5.00. The lowest BCUT2D eigenvalue weighted by atomic mass is 10.2. The van der Waals surface area contributed by atoms with Gasteiger partial charge in [-0.2, -0.15) is 5.10 Å². The molecule has 0 radical (unpaired) electrons. The van der Waals surface area contributed by atoms with E-state index in [2.05, 4.69) is 10.4 Å².